The van der Waals surface area contributed by atoms with Gasteiger partial charge in [-0.15, -0.1) is 0 Å². The highest BCUT2D eigenvalue weighted by molar-refractivity contribution is 5.77. The molecular formula is C16H22O3. The second kappa shape index (κ2) is 7.72. The van der Waals surface area contributed by atoms with E-state index in [-0.39, 0.29) is 5.97 Å². The van der Waals surface area contributed by atoms with Crippen molar-refractivity contribution in [1.29, 1.82) is 0 Å². The summed E-state index contributed by atoms with van der Waals surface area (Å²) < 4.78 is 4.90. The van der Waals surface area contributed by atoms with Crippen LogP contribution in [0.15, 0.2) is 18.2 Å². The Morgan fingerprint density at radius 2 is 2.16 bits per heavy atom. The normalized spacial score (nSPS) is 11.9. The van der Waals surface area contributed by atoms with Gasteiger partial charge in [-0.25, -0.2) is 0 Å². The lowest BCUT2D eigenvalue weighted by Gasteiger charge is -2.13. The van der Waals surface area contributed by atoms with Gasteiger partial charge in [0, 0.05) is 12.0 Å². The van der Waals surface area contributed by atoms with Crippen molar-refractivity contribution in [3.63, 3.8) is 0 Å². The monoisotopic (exact) mass is 262 g/mol. The second-order valence-corrected chi connectivity index (χ2v) is 4.83. The van der Waals surface area contributed by atoms with Crippen molar-refractivity contribution < 1.29 is 14.3 Å². The number of carbonyl (C=O) groups excluding carboxylic acids is 2. The zero-order valence-electron chi connectivity index (χ0n) is 11.9. The number of rotatable bonds is 7. The lowest BCUT2D eigenvalue weighted by molar-refractivity contribution is -0.143. The number of aryl methyl sites for hydroxylation is 1. The van der Waals surface area contributed by atoms with Crippen LogP contribution >= 0.6 is 0 Å². The standard InChI is InChI=1S/C16H22O3/c1-4-19-16(18)7-5-6-12(2)14-9-8-13(3)15(10-14)11-17/h8-12H,4-7H2,1-3H3. The van der Waals surface area contributed by atoms with Gasteiger partial charge >= 0.3 is 5.97 Å². The Morgan fingerprint density at radius 3 is 2.79 bits per heavy atom. The highest BCUT2D eigenvalue weighted by atomic mass is 16.5. The molecule has 0 aliphatic rings. The van der Waals surface area contributed by atoms with E-state index in [2.05, 4.69) is 13.0 Å². The van der Waals surface area contributed by atoms with E-state index >= 15 is 0 Å². The quantitative estimate of drug-likeness (QED) is 0.556. The summed E-state index contributed by atoms with van der Waals surface area (Å²) in [6, 6.07) is 5.97. The summed E-state index contributed by atoms with van der Waals surface area (Å²) in [6.07, 6.45) is 3.08. The first-order valence-corrected chi connectivity index (χ1v) is 6.79. The van der Waals surface area contributed by atoms with E-state index < -0.39 is 0 Å². The lowest BCUT2D eigenvalue weighted by Crippen LogP contribution is -2.04. The van der Waals surface area contributed by atoms with Crippen LogP contribution in [0.3, 0.4) is 0 Å². The maximum absolute atomic E-state index is 11.2. The maximum Gasteiger partial charge on any atom is 0.305 e. The van der Waals surface area contributed by atoms with Gasteiger partial charge in [-0.1, -0.05) is 19.1 Å². The molecule has 0 N–H and O–H groups in total. The minimum atomic E-state index is -0.132. The second-order valence-electron chi connectivity index (χ2n) is 4.83. The summed E-state index contributed by atoms with van der Waals surface area (Å²) in [4.78, 5) is 22.2. The van der Waals surface area contributed by atoms with E-state index in [1.54, 1.807) is 0 Å². The molecule has 104 valence electrons. The molecule has 1 rings (SSSR count). The molecule has 0 aliphatic carbocycles. The van der Waals surface area contributed by atoms with Gasteiger partial charge in [-0.05, 0) is 49.8 Å². The van der Waals surface area contributed by atoms with Crippen molar-refractivity contribution in [2.24, 2.45) is 0 Å². The molecule has 1 aromatic carbocycles. The third kappa shape index (κ3) is 4.86. The molecule has 0 amide bonds. The Balaban J connectivity index is 2.51. The SMILES string of the molecule is CCOC(=O)CCCC(C)c1ccc(C)c(C=O)c1. The summed E-state index contributed by atoms with van der Waals surface area (Å²) >= 11 is 0. The Kier molecular flexibility index (Phi) is 6.26. The first kappa shape index (κ1) is 15.4. The van der Waals surface area contributed by atoms with Crippen molar-refractivity contribution >= 4 is 12.3 Å². The summed E-state index contributed by atoms with van der Waals surface area (Å²) in [5.74, 6) is 0.209. The fourth-order valence-corrected chi connectivity index (χ4v) is 2.04. The minimum Gasteiger partial charge on any atom is -0.466 e. The average Bonchev–Trinajstić information content (AvgIpc) is 2.39. The molecule has 0 saturated carbocycles. The molecule has 0 fully saturated rings. The van der Waals surface area contributed by atoms with Gasteiger partial charge in [0.05, 0.1) is 6.61 Å². The largest absolute Gasteiger partial charge is 0.466 e. The number of hydrogen-bond acceptors (Lipinski definition) is 3. The van der Waals surface area contributed by atoms with E-state index in [0.29, 0.717) is 18.9 Å². The molecular weight excluding hydrogens is 240 g/mol. The molecule has 1 aromatic rings. The zero-order chi connectivity index (χ0) is 14.3. The van der Waals surface area contributed by atoms with Crippen molar-refractivity contribution in [2.45, 2.75) is 46.0 Å². The zero-order valence-corrected chi connectivity index (χ0v) is 11.9. The van der Waals surface area contributed by atoms with Gasteiger partial charge < -0.3 is 4.74 Å². The summed E-state index contributed by atoms with van der Waals surface area (Å²) in [5, 5.41) is 0. The van der Waals surface area contributed by atoms with Crippen LogP contribution < -0.4 is 0 Å². The van der Waals surface area contributed by atoms with Crippen molar-refractivity contribution in [2.75, 3.05) is 6.61 Å². The Morgan fingerprint density at radius 1 is 1.42 bits per heavy atom. The van der Waals surface area contributed by atoms with Gasteiger partial charge in [-0.3, -0.25) is 9.59 Å². The molecule has 1 atom stereocenters. The number of hydrogen-bond donors (Lipinski definition) is 0. The molecule has 0 spiro atoms. The van der Waals surface area contributed by atoms with E-state index in [9.17, 15) is 9.59 Å². The van der Waals surface area contributed by atoms with Gasteiger partial charge in [-0.2, -0.15) is 0 Å². The Hall–Kier alpha value is -1.64. The molecule has 19 heavy (non-hydrogen) atoms. The predicted molar refractivity (Wildman–Crippen MR) is 75.5 cm³/mol. The van der Waals surface area contributed by atoms with Gasteiger partial charge in [0.2, 0.25) is 0 Å². The van der Waals surface area contributed by atoms with E-state index in [4.69, 9.17) is 4.74 Å². The lowest BCUT2D eigenvalue weighted by atomic mass is 9.93. The molecule has 0 radical (unpaired) electrons. The molecule has 3 nitrogen and oxygen atoms in total. The third-order valence-corrected chi connectivity index (χ3v) is 3.32. The molecule has 0 aliphatic heterocycles. The Bertz CT molecular complexity index is 438. The first-order valence-electron chi connectivity index (χ1n) is 6.79. The van der Waals surface area contributed by atoms with E-state index in [1.165, 1.54) is 0 Å². The van der Waals surface area contributed by atoms with Crippen molar-refractivity contribution in [3.05, 3.63) is 34.9 Å². The van der Waals surface area contributed by atoms with Gasteiger partial charge in [0.25, 0.3) is 0 Å². The van der Waals surface area contributed by atoms with E-state index in [1.807, 2.05) is 26.0 Å². The predicted octanol–water partition coefficient (Wildman–Crippen LogP) is 3.64. The van der Waals surface area contributed by atoms with E-state index in [0.717, 1.165) is 35.8 Å². The van der Waals surface area contributed by atoms with Crippen LogP contribution in [0.5, 0.6) is 0 Å². The molecule has 0 heterocycles. The Labute approximate surface area is 115 Å². The van der Waals surface area contributed by atoms with Crippen LogP contribution in [0.1, 0.15) is 60.5 Å². The van der Waals surface area contributed by atoms with Crippen LogP contribution in [0.25, 0.3) is 0 Å². The highest BCUT2D eigenvalue weighted by Gasteiger charge is 2.09. The highest BCUT2D eigenvalue weighted by Crippen LogP contribution is 2.23. The van der Waals surface area contributed by atoms with Gasteiger partial charge in [0.1, 0.15) is 6.29 Å². The minimum absolute atomic E-state index is 0.132. The number of aldehydes is 1. The maximum atomic E-state index is 11.2. The van der Waals surface area contributed by atoms with Crippen LogP contribution in [-0.4, -0.2) is 18.9 Å². The molecule has 0 saturated heterocycles. The number of carbonyl (C=O) groups is 2. The van der Waals surface area contributed by atoms with Crippen LogP contribution in [0.2, 0.25) is 0 Å². The summed E-state index contributed by atoms with van der Waals surface area (Å²) in [7, 11) is 0. The van der Waals surface area contributed by atoms with Crippen molar-refractivity contribution in [1.82, 2.24) is 0 Å². The van der Waals surface area contributed by atoms with Crippen LogP contribution in [-0.2, 0) is 9.53 Å². The topological polar surface area (TPSA) is 43.4 Å². The average molecular weight is 262 g/mol. The van der Waals surface area contributed by atoms with Gasteiger partial charge in [0.15, 0.2) is 0 Å². The van der Waals surface area contributed by atoms with Crippen molar-refractivity contribution in [3.8, 4) is 0 Å². The molecule has 1 unspecified atom stereocenters. The van der Waals surface area contributed by atoms with Crippen LogP contribution in [0.4, 0.5) is 0 Å². The third-order valence-electron chi connectivity index (χ3n) is 3.32. The molecule has 3 heteroatoms. The molecule has 0 bridgehead atoms. The smallest absolute Gasteiger partial charge is 0.305 e. The first-order chi connectivity index (χ1) is 9.08. The van der Waals surface area contributed by atoms with Crippen LogP contribution in [0, 0.1) is 6.92 Å². The summed E-state index contributed by atoms with van der Waals surface area (Å²) in [5.41, 5.74) is 2.89. The fourth-order valence-electron chi connectivity index (χ4n) is 2.04. The summed E-state index contributed by atoms with van der Waals surface area (Å²) in [6.45, 7) is 6.30. The number of benzene rings is 1. The molecule has 0 aromatic heterocycles. The number of ether oxygens (including phenoxy) is 1. The fraction of sp³-hybridized carbons (Fsp3) is 0.500. The number of esters is 1.